The van der Waals surface area contributed by atoms with Gasteiger partial charge in [0.25, 0.3) is 10.2 Å². The quantitative estimate of drug-likeness (QED) is 0.412. The van der Waals surface area contributed by atoms with Crippen molar-refractivity contribution in [2.24, 2.45) is 0 Å². The molecule has 1 saturated heterocycles. The van der Waals surface area contributed by atoms with Crippen molar-refractivity contribution in [2.45, 2.75) is 18.9 Å². The first-order chi connectivity index (χ1) is 16.2. The fourth-order valence-electron chi connectivity index (χ4n) is 3.72. The van der Waals surface area contributed by atoms with E-state index in [1.807, 2.05) is 28.7 Å². The zero-order valence-corrected chi connectivity index (χ0v) is 21.9. The largest absolute Gasteiger partial charge is 0.493 e. The molecule has 4 rings (SSSR count). The zero-order valence-electron chi connectivity index (χ0n) is 19.0. The van der Waals surface area contributed by atoms with Crippen LogP contribution >= 0.6 is 22.6 Å². The van der Waals surface area contributed by atoms with Crippen LogP contribution in [0.5, 0.6) is 11.5 Å². The summed E-state index contributed by atoms with van der Waals surface area (Å²) in [5.74, 6) is 1.31. The van der Waals surface area contributed by atoms with Crippen molar-refractivity contribution in [2.75, 3.05) is 39.6 Å². The van der Waals surface area contributed by atoms with Gasteiger partial charge >= 0.3 is 0 Å². The highest BCUT2D eigenvalue weighted by atomic mass is 127. The van der Waals surface area contributed by atoms with Gasteiger partial charge in [0.15, 0.2) is 11.5 Å². The minimum absolute atomic E-state index is 0.167. The van der Waals surface area contributed by atoms with Gasteiger partial charge < -0.3 is 14.8 Å². The zero-order chi connectivity index (χ0) is 24.5. The summed E-state index contributed by atoms with van der Waals surface area (Å²) in [7, 11) is 1.17. The number of fused-ring (bicyclic) bond motifs is 1. The minimum atomic E-state index is -3.44. The maximum atomic E-state index is 13.6. The summed E-state index contributed by atoms with van der Waals surface area (Å²) in [6.07, 6.45) is 2.39. The summed E-state index contributed by atoms with van der Waals surface area (Å²) in [6.45, 7) is 0.750. The molecule has 2 heterocycles. The average molecular weight is 601 g/mol. The molecule has 34 heavy (non-hydrogen) atoms. The van der Waals surface area contributed by atoms with E-state index in [9.17, 15) is 12.8 Å². The van der Waals surface area contributed by atoms with Gasteiger partial charge in [-0.25, -0.2) is 14.4 Å². The summed E-state index contributed by atoms with van der Waals surface area (Å²) >= 11 is 1.94. The second-order valence-corrected chi connectivity index (χ2v) is 11.3. The van der Waals surface area contributed by atoms with Gasteiger partial charge in [-0.1, -0.05) is 0 Å². The molecule has 1 aromatic heterocycles. The molecular formula is C22H25FIN5O4S. The molecule has 3 aromatic rings. The van der Waals surface area contributed by atoms with Crippen molar-refractivity contribution in [1.29, 1.82) is 0 Å². The number of halogens is 2. The Hall–Kier alpha value is -2.29. The number of nitrogens with one attached hydrogen (secondary N) is 1. The first-order valence-corrected chi connectivity index (χ1v) is 13.1. The van der Waals surface area contributed by atoms with Gasteiger partial charge in [-0.05, 0) is 59.7 Å². The number of piperidine rings is 1. The van der Waals surface area contributed by atoms with E-state index in [1.165, 1.54) is 35.1 Å². The second-order valence-electron chi connectivity index (χ2n) is 8.00. The predicted octanol–water partition coefficient (Wildman–Crippen LogP) is 3.78. The fraction of sp³-hybridized carbons (Fsp3) is 0.364. The molecule has 12 heteroatoms. The number of rotatable bonds is 7. The standard InChI is InChI=1S/C22H25FIN5O4S/c1-28(2)34(30,31)29-8-6-15(7-9-29)33-21-11-16-19(12-20(21)32-3)25-13-26-22(16)27-14-4-5-17(23)18(24)10-14/h4-5,10-13,15H,6-9H2,1-3H3,(H,25,26,27). The van der Waals surface area contributed by atoms with Crippen molar-refractivity contribution >= 4 is 55.2 Å². The topological polar surface area (TPSA) is 96.9 Å². The molecular weight excluding hydrogens is 576 g/mol. The Balaban J connectivity index is 1.58. The van der Waals surface area contributed by atoms with E-state index in [4.69, 9.17) is 9.47 Å². The van der Waals surface area contributed by atoms with E-state index in [2.05, 4.69) is 15.3 Å². The molecule has 0 bridgehead atoms. The SMILES string of the molecule is COc1cc2ncnc(Nc3ccc(F)c(I)c3)c2cc1OC1CCN(S(=O)(=O)N(C)C)CC1. The molecule has 0 aliphatic carbocycles. The van der Waals surface area contributed by atoms with Crippen LogP contribution in [-0.2, 0) is 10.2 Å². The first kappa shape index (κ1) is 24.8. The van der Waals surface area contributed by atoms with Gasteiger partial charge in [-0.3, -0.25) is 0 Å². The third-order valence-corrected chi connectivity index (χ3v) is 8.35. The smallest absolute Gasteiger partial charge is 0.281 e. The van der Waals surface area contributed by atoms with Gasteiger partial charge in [0.2, 0.25) is 0 Å². The van der Waals surface area contributed by atoms with E-state index in [0.29, 0.717) is 63.4 Å². The van der Waals surface area contributed by atoms with Crippen LogP contribution in [-0.4, -0.2) is 67.4 Å². The summed E-state index contributed by atoms with van der Waals surface area (Å²) in [5, 5.41) is 3.93. The lowest BCUT2D eigenvalue weighted by Crippen LogP contribution is -2.46. The maximum Gasteiger partial charge on any atom is 0.281 e. The summed E-state index contributed by atoms with van der Waals surface area (Å²) in [4.78, 5) is 8.70. The van der Waals surface area contributed by atoms with E-state index in [0.717, 1.165) is 0 Å². The van der Waals surface area contributed by atoms with Crippen LogP contribution in [0.15, 0.2) is 36.7 Å². The number of aromatic nitrogens is 2. The van der Waals surface area contributed by atoms with Crippen LogP contribution in [0.3, 0.4) is 0 Å². The van der Waals surface area contributed by atoms with Crippen LogP contribution < -0.4 is 14.8 Å². The van der Waals surface area contributed by atoms with Gasteiger partial charge in [0, 0.05) is 44.3 Å². The molecule has 1 aliphatic heterocycles. The molecule has 1 N–H and O–H groups in total. The number of anilines is 2. The third-order valence-electron chi connectivity index (χ3n) is 5.59. The molecule has 2 aromatic carbocycles. The lowest BCUT2D eigenvalue weighted by molar-refractivity contribution is 0.129. The van der Waals surface area contributed by atoms with Gasteiger partial charge in [0.05, 0.1) is 16.2 Å². The Morgan fingerprint density at radius 2 is 1.88 bits per heavy atom. The van der Waals surface area contributed by atoms with E-state index < -0.39 is 10.2 Å². The van der Waals surface area contributed by atoms with Crippen LogP contribution in [0.2, 0.25) is 0 Å². The minimum Gasteiger partial charge on any atom is -0.493 e. The Morgan fingerprint density at radius 1 is 1.15 bits per heavy atom. The van der Waals surface area contributed by atoms with Crippen LogP contribution in [0.25, 0.3) is 10.9 Å². The Bertz CT molecular complexity index is 1300. The number of hydrogen-bond acceptors (Lipinski definition) is 7. The molecule has 1 aliphatic rings. The average Bonchev–Trinajstić information content (AvgIpc) is 2.81. The highest BCUT2D eigenvalue weighted by Crippen LogP contribution is 2.36. The van der Waals surface area contributed by atoms with E-state index >= 15 is 0 Å². The number of ether oxygens (including phenoxy) is 2. The Labute approximate surface area is 211 Å². The lowest BCUT2D eigenvalue weighted by Gasteiger charge is -2.33. The summed E-state index contributed by atoms with van der Waals surface area (Å²) in [6, 6.07) is 8.32. The molecule has 1 fully saturated rings. The van der Waals surface area contributed by atoms with E-state index in [-0.39, 0.29) is 11.9 Å². The normalized spacial score (nSPS) is 15.6. The highest BCUT2D eigenvalue weighted by molar-refractivity contribution is 14.1. The molecule has 182 valence electrons. The van der Waals surface area contributed by atoms with Crippen molar-refractivity contribution in [3.8, 4) is 11.5 Å². The highest BCUT2D eigenvalue weighted by Gasteiger charge is 2.30. The molecule has 0 radical (unpaired) electrons. The van der Waals surface area contributed by atoms with Gasteiger partial charge in [-0.15, -0.1) is 0 Å². The number of hydrogen-bond donors (Lipinski definition) is 1. The van der Waals surface area contributed by atoms with Crippen LogP contribution in [0, 0.1) is 9.39 Å². The van der Waals surface area contributed by atoms with Gasteiger partial charge in [-0.2, -0.15) is 17.0 Å². The molecule has 0 unspecified atom stereocenters. The van der Waals surface area contributed by atoms with Crippen LogP contribution in [0.4, 0.5) is 15.9 Å². The summed E-state index contributed by atoms with van der Waals surface area (Å²) < 4.78 is 53.4. The Morgan fingerprint density at radius 3 is 2.53 bits per heavy atom. The first-order valence-electron chi connectivity index (χ1n) is 10.6. The monoisotopic (exact) mass is 601 g/mol. The molecule has 0 saturated carbocycles. The predicted molar refractivity (Wildman–Crippen MR) is 136 cm³/mol. The molecule has 9 nitrogen and oxygen atoms in total. The van der Waals surface area contributed by atoms with Crippen molar-refractivity contribution < 1.29 is 22.3 Å². The third kappa shape index (κ3) is 5.19. The second kappa shape index (κ2) is 10.1. The number of nitrogens with zero attached hydrogens (tertiary/aromatic N) is 4. The maximum absolute atomic E-state index is 13.6. The lowest BCUT2D eigenvalue weighted by atomic mass is 10.1. The van der Waals surface area contributed by atoms with Crippen molar-refractivity contribution in [1.82, 2.24) is 18.6 Å². The van der Waals surface area contributed by atoms with Gasteiger partial charge in [0.1, 0.15) is 24.1 Å². The number of benzene rings is 2. The van der Waals surface area contributed by atoms with E-state index in [1.54, 1.807) is 25.3 Å². The van der Waals surface area contributed by atoms with Crippen molar-refractivity contribution in [3.63, 3.8) is 0 Å². The fourth-order valence-corrected chi connectivity index (χ4v) is 5.37. The number of methoxy groups -OCH3 is 1. The Kier molecular flexibility index (Phi) is 7.40. The van der Waals surface area contributed by atoms with Crippen molar-refractivity contribution in [3.05, 3.63) is 46.0 Å². The molecule has 0 amide bonds. The molecule has 0 spiro atoms. The van der Waals surface area contributed by atoms with Crippen LogP contribution in [0.1, 0.15) is 12.8 Å². The summed E-state index contributed by atoms with van der Waals surface area (Å²) in [5.41, 5.74) is 1.35. The molecule has 0 atom stereocenters.